The largest absolute Gasteiger partial charge is 0.411 e. The van der Waals surface area contributed by atoms with E-state index in [0.717, 1.165) is 11.6 Å². The summed E-state index contributed by atoms with van der Waals surface area (Å²) >= 11 is 0. The normalized spacial score (nSPS) is 24.0. The van der Waals surface area contributed by atoms with E-state index >= 15 is 0 Å². The van der Waals surface area contributed by atoms with E-state index in [1.807, 2.05) is 37.3 Å². The predicted octanol–water partition coefficient (Wildman–Crippen LogP) is 1.98. The van der Waals surface area contributed by atoms with Gasteiger partial charge in [-0.3, -0.25) is 9.69 Å². The average Bonchev–Trinajstić information content (AvgIpc) is 3.28. The van der Waals surface area contributed by atoms with Crippen molar-refractivity contribution in [3.63, 3.8) is 0 Å². The lowest BCUT2D eigenvalue weighted by Gasteiger charge is -2.40. The Morgan fingerprint density at radius 2 is 1.96 bits per heavy atom. The van der Waals surface area contributed by atoms with Crippen molar-refractivity contribution < 1.29 is 23.1 Å². The Hall–Kier alpha value is -2.22. The van der Waals surface area contributed by atoms with Gasteiger partial charge in [0.1, 0.15) is 11.4 Å². The molecule has 3 N–H and O–H groups in total. The van der Waals surface area contributed by atoms with Gasteiger partial charge < -0.3 is 15.7 Å². The standard InChI is InChI=1S/C16H18F3N3O2/c1-10(11-5-3-2-4-6-11)20-12-9-13(23)22(14(24)21-12)15(7-8-15)16(17,18)19/h2-6,9-10,14,20-21,24H,7-8H2,1H3/t10-,14?/m0/s1. The number of carbonyl (C=O) groups excluding carboxylic acids is 1. The fraction of sp³-hybridized carbons (Fsp3) is 0.438. The van der Waals surface area contributed by atoms with Gasteiger partial charge in [0.25, 0.3) is 5.91 Å². The van der Waals surface area contributed by atoms with Crippen LogP contribution in [0.25, 0.3) is 0 Å². The van der Waals surface area contributed by atoms with Crippen LogP contribution in [0.2, 0.25) is 0 Å². The van der Waals surface area contributed by atoms with E-state index in [2.05, 4.69) is 10.6 Å². The molecule has 1 amide bonds. The van der Waals surface area contributed by atoms with Crippen LogP contribution in [0.4, 0.5) is 13.2 Å². The van der Waals surface area contributed by atoms with Crippen molar-refractivity contribution in [1.82, 2.24) is 15.5 Å². The maximum atomic E-state index is 13.2. The molecule has 1 aliphatic heterocycles. The Bertz CT molecular complexity index is 656. The summed E-state index contributed by atoms with van der Waals surface area (Å²) in [6.45, 7) is 1.85. The van der Waals surface area contributed by atoms with Crippen LogP contribution >= 0.6 is 0 Å². The number of alkyl halides is 3. The molecular formula is C16H18F3N3O2. The lowest BCUT2D eigenvalue weighted by molar-refractivity contribution is -0.221. The molecule has 24 heavy (non-hydrogen) atoms. The van der Waals surface area contributed by atoms with Gasteiger partial charge in [0.15, 0.2) is 0 Å². The summed E-state index contributed by atoms with van der Waals surface area (Å²) < 4.78 is 39.6. The van der Waals surface area contributed by atoms with Gasteiger partial charge in [-0.05, 0) is 25.3 Å². The number of nitrogens with one attached hydrogen (secondary N) is 2. The Morgan fingerprint density at radius 3 is 2.46 bits per heavy atom. The highest BCUT2D eigenvalue weighted by Gasteiger charge is 2.69. The molecular weight excluding hydrogens is 323 g/mol. The highest BCUT2D eigenvalue weighted by molar-refractivity contribution is 5.90. The van der Waals surface area contributed by atoms with E-state index in [1.54, 1.807) is 0 Å². The first kappa shape index (κ1) is 16.6. The second-order valence-electron chi connectivity index (χ2n) is 6.09. The molecule has 3 rings (SSSR count). The molecule has 1 aromatic carbocycles. The van der Waals surface area contributed by atoms with E-state index in [4.69, 9.17) is 0 Å². The first-order valence-electron chi connectivity index (χ1n) is 7.62. The third-order valence-corrected chi connectivity index (χ3v) is 4.42. The average molecular weight is 341 g/mol. The summed E-state index contributed by atoms with van der Waals surface area (Å²) in [5, 5.41) is 15.6. The zero-order chi connectivity index (χ0) is 17.5. The van der Waals surface area contributed by atoms with E-state index in [9.17, 15) is 23.1 Å². The van der Waals surface area contributed by atoms with Gasteiger partial charge in [0.2, 0.25) is 6.35 Å². The topological polar surface area (TPSA) is 64.6 Å². The van der Waals surface area contributed by atoms with Gasteiger partial charge in [-0.25, -0.2) is 0 Å². The van der Waals surface area contributed by atoms with Gasteiger partial charge in [0.05, 0.1) is 0 Å². The van der Waals surface area contributed by atoms with Gasteiger partial charge in [-0.15, -0.1) is 0 Å². The van der Waals surface area contributed by atoms with Gasteiger partial charge in [-0.2, -0.15) is 13.2 Å². The molecule has 8 heteroatoms. The number of aliphatic hydroxyl groups is 1. The molecule has 2 aliphatic rings. The predicted molar refractivity (Wildman–Crippen MR) is 80.1 cm³/mol. The zero-order valence-corrected chi connectivity index (χ0v) is 13.0. The van der Waals surface area contributed by atoms with Crippen LogP contribution in [0.5, 0.6) is 0 Å². The van der Waals surface area contributed by atoms with Crippen LogP contribution in [0.1, 0.15) is 31.4 Å². The molecule has 130 valence electrons. The Labute approximate surface area is 137 Å². The molecule has 5 nitrogen and oxygen atoms in total. The van der Waals surface area contributed by atoms with Gasteiger partial charge >= 0.3 is 6.18 Å². The second kappa shape index (κ2) is 5.70. The smallest absolute Gasteiger partial charge is 0.365 e. The number of hydrogen-bond acceptors (Lipinski definition) is 4. The van der Waals surface area contributed by atoms with Crippen LogP contribution in [0.3, 0.4) is 0 Å². The molecule has 2 atom stereocenters. The van der Waals surface area contributed by atoms with Crippen molar-refractivity contribution in [3.8, 4) is 0 Å². The number of benzene rings is 1. The molecule has 0 saturated heterocycles. The van der Waals surface area contributed by atoms with Crippen molar-refractivity contribution in [2.75, 3.05) is 0 Å². The summed E-state index contributed by atoms with van der Waals surface area (Å²) in [5.74, 6) is -0.670. The van der Waals surface area contributed by atoms with Crippen molar-refractivity contribution in [1.29, 1.82) is 0 Å². The Kier molecular flexibility index (Phi) is 3.95. The minimum atomic E-state index is -4.57. The summed E-state index contributed by atoms with van der Waals surface area (Å²) in [6.07, 6.45) is -5.63. The maximum Gasteiger partial charge on any atom is 0.411 e. The number of nitrogens with zero attached hydrogens (tertiary/aromatic N) is 1. The Balaban J connectivity index is 1.75. The molecule has 1 aliphatic carbocycles. The van der Waals surface area contributed by atoms with Crippen molar-refractivity contribution in [2.24, 2.45) is 0 Å². The first-order valence-corrected chi connectivity index (χ1v) is 7.62. The number of carbonyl (C=O) groups is 1. The van der Waals surface area contributed by atoms with Crippen molar-refractivity contribution in [3.05, 3.63) is 47.8 Å². The van der Waals surface area contributed by atoms with E-state index in [1.165, 1.54) is 0 Å². The molecule has 0 bridgehead atoms. The Morgan fingerprint density at radius 1 is 1.33 bits per heavy atom. The highest BCUT2D eigenvalue weighted by atomic mass is 19.4. The van der Waals surface area contributed by atoms with Crippen LogP contribution in [0, 0.1) is 0 Å². The molecule has 0 radical (unpaired) electrons. The molecule has 1 heterocycles. The monoisotopic (exact) mass is 341 g/mol. The van der Waals surface area contributed by atoms with Crippen LogP contribution < -0.4 is 10.6 Å². The fourth-order valence-electron chi connectivity index (χ4n) is 2.92. The third kappa shape index (κ3) is 2.82. The molecule has 1 fully saturated rings. The maximum absolute atomic E-state index is 13.2. The molecule has 1 unspecified atom stereocenters. The summed E-state index contributed by atoms with van der Waals surface area (Å²) in [5.41, 5.74) is -1.32. The fourth-order valence-corrected chi connectivity index (χ4v) is 2.92. The summed E-state index contributed by atoms with van der Waals surface area (Å²) in [4.78, 5) is 12.7. The molecule has 1 saturated carbocycles. The third-order valence-electron chi connectivity index (χ3n) is 4.42. The van der Waals surface area contributed by atoms with Crippen molar-refractivity contribution in [2.45, 2.75) is 43.9 Å². The van der Waals surface area contributed by atoms with Crippen LogP contribution in [0.15, 0.2) is 42.2 Å². The lowest BCUT2D eigenvalue weighted by atomic mass is 10.1. The van der Waals surface area contributed by atoms with Gasteiger partial charge in [0, 0.05) is 12.1 Å². The zero-order valence-electron chi connectivity index (χ0n) is 13.0. The van der Waals surface area contributed by atoms with Crippen LogP contribution in [-0.4, -0.2) is 34.0 Å². The second-order valence-corrected chi connectivity index (χ2v) is 6.09. The highest BCUT2D eigenvalue weighted by Crippen LogP contribution is 2.54. The number of rotatable bonds is 4. The van der Waals surface area contributed by atoms with E-state index < -0.39 is 24.0 Å². The summed E-state index contributed by atoms with van der Waals surface area (Å²) in [7, 11) is 0. The molecule has 0 spiro atoms. The quantitative estimate of drug-likeness (QED) is 0.784. The summed E-state index contributed by atoms with van der Waals surface area (Å²) in [6, 6.07) is 9.17. The minimum absolute atomic E-state index is 0.186. The van der Waals surface area contributed by atoms with E-state index in [-0.39, 0.29) is 24.7 Å². The van der Waals surface area contributed by atoms with Crippen LogP contribution in [-0.2, 0) is 4.79 Å². The molecule has 0 aromatic heterocycles. The van der Waals surface area contributed by atoms with E-state index in [0.29, 0.717) is 4.90 Å². The number of amides is 1. The minimum Gasteiger partial charge on any atom is -0.365 e. The number of halogens is 3. The lowest BCUT2D eigenvalue weighted by Crippen LogP contribution is -2.62. The van der Waals surface area contributed by atoms with Gasteiger partial charge in [-0.1, -0.05) is 30.3 Å². The number of aliphatic hydroxyl groups excluding tert-OH is 1. The number of hydrogen-bond donors (Lipinski definition) is 3. The molecule has 1 aromatic rings. The van der Waals surface area contributed by atoms with Crippen molar-refractivity contribution >= 4 is 5.91 Å². The SMILES string of the molecule is C[C@H](NC1=CC(=O)N(C2(C(F)(F)F)CC2)C(O)N1)c1ccccc1. The first-order chi connectivity index (χ1) is 11.2.